The van der Waals surface area contributed by atoms with E-state index in [1.54, 1.807) is 11.1 Å². The highest BCUT2D eigenvalue weighted by atomic mass is 35.5. The highest BCUT2D eigenvalue weighted by Crippen LogP contribution is 2.29. The molecule has 0 radical (unpaired) electrons. The summed E-state index contributed by atoms with van der Waals surface area (Å²) in [5.41, 5.74) is 2.11. The average molecular weight is 414 g/mol. The number of aromatic amines is 1. The topological polar surface area (TPSA) is 74.3 Å². The molecular formula is C21H24ClN5O2. The second-order valence-electron chi connectivity index (χ2n) is 8.09. The molecular weight excluding hydrogens is 390 g/mol. The number of hydrogen-bond donors (Lipinski definition) is 1. The Morgan fingerprint density at radius 1 is 1.21 bits per heavy atom. The SMILES string of the molecule is CC(C)(C)OC(=O)N1CCN(c2cccc(-c3c[nH]c4ncc(Cl)cc34)n2)CC1. The first-order valence-corrected chi connectivity index (χ1v) is 10.0. The zero-order valence-electron chi connectivity index (χ0n) is 16.8. The Labute approximate surface area is 174 Å². The molecule has 0 aliphatic carbocycles. The maximum absolute atomic E-state index is 12.3. The van der Waals surface area contributed by atoms with Crippen molar-refractivity contribution in [2.45, 2.75) is 26.4 Å². The van der Waals surface area contributed by atoms with Crippen molar-refractivity contribution in [1.82, 2.24) is 19.9 Å². The third-order valence-corrected chi connectivity index (χ3v) is 4.97. The molecule has 0 bridgehead atoms. The summed E-state index contributed by atoms with van der Waals surface area (Å²) in [6.45, 7) is 8.26. The van der Waals surface area contributed by atoms with Gasteiger partial charge in [0.05, 0.1) is 10.7 Å². The van der Waals surface area contributed by atoms with Gasteiger partial charge in [-0.15, -0.1) is 0 Å². The van der Waals surface area contributed by atoms with Crippen LogP contribution in [0.5, 0.6) is 0 Å². The van der Waals surface area contributed by atoms with Crippen LogP contribution in [-0.4, -0.2) is 57.7 Å². The minimum Gasteiger partial charge on any atom is -0.444 e. The third kappa shape index (κ3) is 4.29. The number of pyridine rings is 2. The molecule has 0 aromatic carbocycles. The number of hydrogen-bond acceptors (Lipinski definition) is 5. The number of aromatic nitrogens is 3. The molecule has 4 rings (SSSR count). The van der Waals surface area contributed by atoms with Gasteiger partial charge in [0.25, 0.3) is 0 Å². The van der Waals surface area contributed by atoms with Crippen LogP contribution in [0.15, 0.2) is 36.7 Å². The van der Waals surface area contributed by atoms with Crippen molar-refractivity contribution in [3.05, 3.63) is 41.7 Å². The molecule has 0 spiro atoms. The largest absolute Gasteiger partial charge is 0.444 e. The van der Waals surface area contributed by atoms with Crippen LogP contribution in [0.3, 0.4) is 0 Å². The fourth-order valence-electron chi connectivity index (χ4n) is 3.38. The minimum absolute atomic E-state index is 0.262. The van der Waals surface area contributed by atoms with Crippen LogP contribution in [0, 0.1) is 0 Å². The Bertz CT molecular complexity index is 1030. The number of carbonyl (C=O) groups excluding carboxylic acids is 1. The Morgan fingerprint density at radius 2 is 1.97 bits per heavy atom. The lowest BCUT2D eigenvalue weighted by atomic mass is 10.1. The van der Waals surface area contributed by atoms with Gasteiger partial charge in [-0.05, 0) is 39.0 Å². The van der Waals surface area contributed by atoms with E-state index < -0.39 is 5.60 Å². The highest BCUT2D eigenvalue weighted by molar-refractivity contribution is 6.31. The summed E-state index contributed by atoms with van der Waals surface area (Å²) < 4.78 is 5.47. The van der Waals surface area contributed by atoms with Crippen molar-refractivity contribution in [2.24, 2.45) is 0 Å². The Hall–Kier alpha value is -2.80. The second-order valence-corrected chi connectivity index (χ2v) is 8.52. The maximum Gasteiger partial charge on any atom is 0.410 e. The first kappa shape index (κ1) is 19.5. The molecule has 0 saturated carbocycles. The zero-order chi connectivity index (χ0) is 20.6. The Balaban J connectivity index is 1.50. The van der Waals surface area contributed by atoms with Crippen molar-refractivity contribution in [3.8, 4) is 11.3 Å². The third-order valence-electron chi connectivity index (χ3n) is 4.76. The van der Waals surface area contributed by atoms with Gasteiger partial charge in [0.15, 0.2) is 0 Å². The standard InChI is InChI=1S/C21H24ClN5O2/c1-21(2,3)29-20(28)27-9-7-26(8-10-27)18-6-4-5-17(25-18)16-13-24-19-15(16)11-14(22)12-23-19/h4-6,11-13H,7-10H2,1-3H3,(H,23,24). The molecule has 3 aromatic heterocycles. The Morgan fingerprint density at radius 3 is 2.69 bits per heavy atom. The number of nitrogens with zero attached hydrogens (tertiary/aromatic N) is 4. The van der Waals surface area contributed by atoms with E-state index >= 15 is 0 Å². The van der Waals surface area contributed by atoms with Crippen LogP contribution in [0.25, 0.3) is 22.3 Å². The molecule has 1 aliphatic heterocycles. The van der Waals surface area contributed by atoms with E-state index in [1.807, 2.05) is 51.2 Å². The number of piperazine rings is 1. The molecule has 152 valence electrons. The number of ether oxygens (including phenoxy) is 1. The van der Waals surface area contributed by atoms with Gasteiger partial charge in [-0.2, -0.15) is 0 Å². The molecule has 1 saturated heterocycles. The van der Waals surface area contributed by atoms with Gasteiger partial charge in [-0.3, -0.25) is 0 Å². The summed E-state index contributed by atoms with van der Waals surface area (Å²) in [7, 11) is 0. The number of rotatable bonds is 2. The molecule has 1 aliphatic rings. The highest BCUT2D eigenvalue weighted by Gasteiger charge is 2.26. The summed E-state index contributed by atoms with van der Waals surface area (Å²) in [6, 6.07) is 7.86. The van der Waals surface area contributed by atoms with E-state index in [-0.39, 0.29) is 6.09 Å². The lowest BCUT2D eigenvalue weighted by molar-refractivity contribution is 0.0240. The predicted molar refractivity (Wildman–Crippen MR) is 114 cm³/mol. The number of halogens is 1. The normalized spacial score (nSPS) is 15.0. The van der Waals surface area contributed by atoms with Crippen LogP contribution in [0.4, 0.5) is 10.6 Å². The van der Waals surface area contributed by atoms with Crippen molar-refractivity contribution in [2.75, 3.05) is 31.1 Å². The number of carbonyl (C=O) groups is 1. The van der Waals surface area contributed by atoms with E-state index in [4.69, 9.17) is 21.3 Å². The molecule has 4 heterocycles. The van der Waals surface area contributed by atoms with Crippen molar-refractivity contribution in [1.29, 1.82) is 0 Å². The summed E-state index contributed by atoms with van der Waals surface area (Å²) in [5.74, 6) is 0.885. The summed E-state index contributed by atoms with van der Waals surface area (Å²) in [6.07, 6.45) is 3.26. The van der Waals surface area contributed by atoms with Gasteiger partial charge in [0, 0.05) is 49.5 Å². The van der Waals surface area contributed by atoms with Gasteiger partial charge < -0.3 is 19.5 Å². The second kappa shape index (κ2) is 7.55. The molecule has 1 N–H and O–H groups in total. The maximum atomic E-state index is 12.3. The van der Waals surface area contributed by atoms with Crippen molar-refractivity contribution in [3.63, 3.8) is 0 Å². The smallest absolute Gasteiger partial charge is 0.410 e. The fourth-order valence-corrected chi connectivity index (χ4v) is 3.54. The van der Waals surface area contributed by atoms with Gasteiger partial charge in [0.2, 0.25) is 0 Å². The summed E-state index contributed by atoms with van der Waals surface area (Å²) in [4.78, 5) is 28.5. The molecule has 1 amide bonds. The van der Waals surface area contributed by atoms with Gasteiger partial charge in [0.1, 0.15) is 17.1 Å². The van der Waals surface area contributed by atoms with Crippen LogP contribution in [0.2, 0.25) is 5.02 Å². The molecule has 7 nitrogen and oxygen atoms in total. The van der Waals surface area contributed by atoms with E-state index in [9.17, 15) is 4.79 Å². The van der Waals surface area contributed by atoms with E-state index in [2.05, 4.69) is 14.9 Å². The van der Waals surface area contributed by atoms with Crippen molar-refractivity contribution < 1.29 is 9.53 Å². The van der Waals surface area contributed by atoms with E-state index in [0.717, 1.165) is 28.1 Å². The van der Waals surface area contributed by atoms with Gasteiger partial charge >= 0.3 is 6.09 Å². The fraction of sp³-hybridized carbons (Fsp3) is 0.381. The monoisotopic (exact) mass is 413 g/mol. The quantitative estimate of drug-likeness (QED) is 0.676. The summed E-state index contributed by atoms with van der Waals surface area (Å²) in [5, 5.41) is 1.53. The Kier molecular flexibility index (Phi) is 5.08. The minimum atomic E-state index is -0.485. The molecule has 29 heavy (non-hydrogen) atoms. The van der Waals surface area contributed by atoms with E-state index in [1.165, 1.54) is 0 Å². The number of nitrogens with one attached hydrogen (secondary N) is 1. The number of fused-ring (bicyclic) bond motifs is 1. The molecule has 3 aromatic rings. The molecule has 0 unspecified atom stereocenters. The number of anilines is 1. The predicted octanol–water partition coefficient (Wildman–Crippen LogP) is 4.34. The number of H-pyrrole nitrogens is 1. The average Bonchev–Trinajstić information content (AvgIpc) is 3.10. The summed E-state index contributed by atoms with van der Waals surface area (Å²) >= 11 is 6.12. The van der Waals surface area contributed by atoms with Crippen LogP contribution in [-0.2, 0) is 4.74 Å². The van der Waals surface area contributed by atoms with Crippen LogP contribution in [0.1, 0.15) is 20.8 Å². The molecule has 8 heteroatoms. The lowest BCUT2D eigenvalue weighted by Crippen LogP contribution is -2.50. The van der Waals surface area contributed by atoms with Crippen molar-refractivity contribution >= 4 is 34.5 Å². The van der Waals surface area contributed by atoms with E-state index in [0.29, 0.717) is 31.2 Å². The van der Waals surface area contributed by atoms with Crippen LogP contribution >= 0.6 is 11.6 Å². The first-order chi connectivity index (χ1) is 13.8. The lowest BCUT2D eigenvalue weighted by Gasteiger charge is -2.36. The van der Waals surface area contributed by atoms with Gasteiger partial charge in [-0.1, -0.05) is 17.7 Å². The van der Waals surface area contributed by atoms with Gasteiger partial charge in [-0.25, -0.2) is 14.8 Å². The zero-order valence-corrected chi connectivity index (χ0v) is 17.5. The number of amides is 1. The molecule has 0 atom stereocenters. The van der Waals surface area contributed by atoms with Crippen LogP contribution < -0.4 is 4.90 Å². The molecule has 1 fully saturated rings. The first-order valence-electron chi connectivity index (χ1n) is 9.63.